The Labute approximate surface area is 343 Å². The second-order valence-corrected chi connectivity index (χ2v) is 15.7. The van der Waals surface area contributed by atoms with E-state index in [9.17, 15) is 27.6 Å². The Morgan fingerprint density at radius 1 is 0.966 bits per heavy atom. The molecule has 0 unspecified atom stereocenters. The highest BCUT2D eigenvalue weighted by Crippen LogP contribution is 2.34. The van der Waals surface area contributed by atoms with Gasteiger partial charge in [0.2, 0.25) is 5.91 Å². The highest BCUT2D eigenvalue weighted by atomic mass is 19.4. The van der Waals surface area contributed by atoms with Crippen molar-refractivity contribution in [1.82, 2.24) is 33.9 Å². The summed E-state index contributed by atoms with van der Waals surface area (Å²) in [6, 6.07) is 14.3. The van der Waals surface area contributed by atoms with Crippen molar-refractivity contribution in [3.63, 3.8) is 0 Å². The first-order valence-corrected chi connectivity index (χ1v) is 20.2. The Hall–Kier alpha value is -5.32. The number of aromatic nitrogens is 2. The zero-order valence-electron chi connectivity index (χ0n) is 34.2. The lowest BCUT2D eigenvalue weighted by molar-refractivity contribution is -0.136. The molecule has 13 nitrogen and oxygen atoms in total. The molecule has 2 aromatic heterocycles. The second kappa shape index (κ2) is 19.6. The number of rotatable bonds is 17. The van der Waals surface area contributed by atoms with Gasteiger partial charge in [0.25, 0.3) is 0 Å². The van der Waals surface area contributed by atoms with Crippen molar-refractivity contribution in [3.8, 4) is 5.69 Å². The van der Waals surface area contributed by atoms with Gasteiger partial charge in [-0.2, -0.15) is 18.3 Å². The molecular weight excluding hydrogens is 762 g/mol. The molecule has 1 N–H and O–H groups in total. The number of likely N-dealkylation sites (tertiary alicyclic amines) is 1. The Balaban J connectivity index is 0.997. The quantitative estimate of drug-likeness (QED) is 0.0711. The maximum absolute atomic E-state index is 14.4. The molecule has 0 saturated carbocycles. The van der Waals surface area contributed by atoms with Crippen LogP contribution in [0.15, 0.2) is 75.9 Å². The minimum atomic E-state index is -4.69. The van der Waals surface area contributed by atoms with E-state index >= 15 is 0 Å². The van der Waals surface area contributed by atoms with Crippen LogP contribution in [0.3, 0.4) is 0 Å². The van der Waals surface area contributed by atoms with E-state index < -0.39 is 17.4 Å². The van der Waals surface area contributed by atoms with E-state index in [4.69, 9.17) is 0 Å². The van der Waals surface area contributed by atoms with Gasteiger partial charge in [-0.15, -0.1) is 5.10 Å². The number of benzene rings is 2. The minimum Gasteiger partial charge on any atom is -0.369 e. The molecule has 2 saturated heterocycles. The fourth-order valence-corrected chi connectivity index (χ4v) is 8.09. The minimum absolute atomic E-state index is 0.0395. The van der Waals surface area contributed by atoms with Gasteiger partial charge in [-0.25, -0.2) is 4.79 Å². The Morgan fingerprint density at radius 2 is 1.73 bits per heavy atom. The number of hydrogen-bond acceptors (Lipinski definition) is 9. The van der Waals surface area contributed by atoms with Crippen molar-refractivity contribution in [1.29, 1.82) is 0 Å². The molecule has 2 fully saturated rings. The van der Waals surface area contributed by atoms with Gasteiger partial charge in [-0.1, -0.05) is 12.1 Å². The lowest BCUT2D eigenvalue weighted by atomic mass is 9.95. The average Bonchev–Trinajstić information content (AvgIpc) is 3.56. The number of pyridine rings is 1. The number of alkyl halides is 3. The fourth-order valence-electron chi connectivity index (χ4n) is 8.09. The molecule has 0 spiro atoms. The number of piperazine rings is 1. The van der Waals surface area contributed by atoms with Crippen LogP contribution < -0.4 is 15.9 Å². The number of imidazole rings is 1. The molecule has 2 aliphatic heterocycles. The van der Waals surface area contributed by atoms with Crippen molar-refractivity contribution in [2.45, 2.75) is 44.9 Å². The van der Waals surface area contributed by atoms with Crippen molar-refractivity contribution < 1.29 is 22.8 Å². The van der Waals surface area contributed by atoms with Crippen molar-refractivity contribution in [2.75, 3.05) is 84.9 Å². The predicted octanol–water partition coefficient (Wildman–Crippen LogP) is 4.64. The van der Waals surface area contributed by atoms with E-state index in [1.807, 2.05) is 47.0 Å². The molecule has 4 heterocycles. The topological polar surface area (TPSA) is 114 Å². The molecule has 316 valence electrons. The van der Waals surface area contributed by atoms with E-state index in [0.29, 0.717) is 61.9 Å². The van der Waals surface area contributed by atoms with E-state index in [2.05, 4.69) is 38.1 Å². The number of carbonyl (C=O) groups excluding carboxylic acids is 2. The summed E-state index contributed by atoms with van der Waals surface area (Å²) in [5.41, 5.74) is 2.82. The first kappa shape index (κ1) is 43.3. The molecule has 0 atom stereocenters. The van der Waals surface area contributed by atoms with E-state index in [1.165, 1.54) is 17.0 Å². The van der Waals surface area contributed by atoms with Crippen LogP contribution in [0.25, 0.3) is 11.2 Å². The molecule has 16 heteroatoms. The molecule has 4 aromatic rings. The van der Waals surface area contributed by atoms with Crippen LogP contribution in [0.4, 0.5) is 18.9 Å². The molecular formula is C43H55F3N10O3. The number of fused-ring (bicyclic) bond motifs is 1. The van der Waals surface area contributed by atoms with Gasteiger partial charge in [0, 0.05) is 116 Å². The summed E-state index contributed by atoms with van der Waals surface area (Å²) in [5.74, 6) is 0.549. The summed E-state index contributed by atoms with van der Waals surface area (Å²) in [4.78, 5) is 48.8. The van der Waals surface area contributed by atoms with Crippen LogP contribution >= 0.6 is 0 Å². The third kappa shape index (κ3) is 11.0. The monoisotopic (exact) mass is 816 g/mol. The number of halogens is 3. The van der Waals surface area contributed by atoms with Crippen LogP contribution in [-0.2, 0) is 30.5 Å². The number of likely N-dealkylation sites (N-methyl/N-ethyl adjacent to an activating group) is 1. The first-order valence-electron chi connectivity index (χ1n) is 20.2. The summed E-state index contributed by atoms with van der Waals surface area (Å²) in [6.45, 7) is 11.2. The zero-order chi connectivity index (χ0) is 42.1. The summed E-state index contributed by atoms with van der Waals surface area (Å²) in [6.07, 6.45) is 3.20. The summed E-state index contributed by atoms with van der Waals surface area (Å²) in [5, 5.41) is 10.3. The maximum atomic E-state index is 14.4. The predicted molar refractivity (Wildman–Crippen MR) is 226 cm³/mol. The molecule has 59 heavy (non-hydrogen) atoms. The lowest BCUT2D eigenvalue weighted by Crippen LogP contribution is -2.49. The van der Waals surface area contributed by atoms with Crippen molar-refractivity contribution >= 4 is 36.5 Å². The van der Waals surface area contributed by atoms with Gasteiger partial charge in [0.05, 0.1) is 16.8 Å². The fraction of sp³-hybridized carbons (Fsp3) is 0.465. The normalized spacial score (nSPS) is 15.8. The van der Waals surface area contributed by atoms with Crippen LogP contribution in [0.1, 0.15) is 51.9 Å². The Bertz CT molecular complexity index is 2170. The van der Waals surface area contributed by atoms with Crippen LogP contribution in [0, 0.1) is 5.92 Å². The summed E-state index contributed by atoms with van der Waals surface area (Å²) in [7, 11) is 5.49. The molecule has 1 amide bonds. The molecule has 0 bridgehead atoms. The van der Waals surface area contributed by atoms with Crippen molar-refractivity contribution in [2.24, 2.45) is 16.1 Å². The third-order valence-corrected chi connectivity index (χ3v) is 11.4. The molecule has 2 aliphatic rings. The number of carbonyl (C=O) groups is 2. The molecule has 0 radical (unpaired) electrons. The summed E-state index contributed by atoms with van der Waals surface area (Å²) >= 11 is 0. The third-order valence-electron chi connectivity index (χ3n) is 11.4. The SMILES string of the molecule is C=N/N=C\N(C)CCc1cccc(-n2cc3c(C(F)(F)F)cc(CN(C)CCC(=O)N4CCC(CN5CCN(c6ccc(C=O)c(CNC)c6)CC5)CC4)cn3c2=O)c1. The van der Waals surface area contributed by atoms with Gasteiger partial charge < -0.3 is 24.9 Å². The van der Waals surface area contributed by atoms with Gasteiger partial charge >= 0.3 is 11.9 Å². The van der Waals surface area contributed by atoms with Gasteiger partial charge in [0.1, 0.15) is 12.6 Å². The van der Waals surface area contributed by atoms with E-state index in [1.54, 1.807) is 31.6 Å². The van der Waals surface area contributed by atoms with E-state index in [0.717, 1.165) is 79.1 Å². The highest BCUT2D eigenvalue weighted by molar-refractivity contribution is 5.78. The highest BCUT2D eigenvalue weighted by Gasteiger charge is 2.35. The molecule has 6 rings (SSSR count). The standard InChI is InChI=1S/C43H55F3N10O3/c1-47-25-36-24-37(9-8-35(36)30-57)53-20-18-52(19-21-53)27-33-11-16-54(17-12-33)41(58)13-15-50(3)26-34-23-39(43(44,45)46)40-29-55(42(59)56(40)28-34)38-7-5-6-32(22-38)10-14-51(4)31-49-48-2/h5-9,22-24,28-31,33,47H,2,10-21,25-27H2,1,3-4H3/b49-31-. The largest absolute Gasteiger partial charge is 0.418 e. The smallest absolute Gasteiger partial charge is 0.369 e. The maximum Gasteiger partial charge on any atom is 0.418 e. The average molecular weight is 817 g/mol. The number of piperidine rings is 1. The number of amides is 1. The number of aldehydes is 1. The second-order valence-electron chi connectivity index (χ2n) is 15.7. The number of hydrogen-bond donors (Lipinski definition) is 1. The number of anilines is 1. The van der Waals surface area contributed by atoms with Gasteiger partial charge in [-0.05, 0) is 92.4 Å². The number of nitrogens with zero attached hydrogens (tertiary/aromatic N) is 9. The van der Waals surface area contributed by atoms with Gasteiger partial charge in [-0.3, -0.25) is 23.5 Å². The molecule has 2 aromatic carbocycles. The first-order chi connectivity index (χ1) is 28.4. The van der Waals surface area contributed by atoms with Crippen LogP contribution in [0.5, 0.6) is 0 Å². The zero-order valence-corrected chi connectivity index (χ0v) is 34.2. The molecule has 0 aliphatic carbocycles. The van der Waals surface area contributed by atoms with Gasteiger partial charge in [0.15, 0.2) is 0 Å². The van der Waals surface area contributed by atoms with Crippen molar-refractivity contribution in [3.05, 3.63) is 99.2 Å². The summed E-state index contributed by atoms with van der Waals surface area (Å²) < 4.78 is 45.6. The lowest BCUT2D eigenvalue weighted by Gasteiger charge is -2.39. The Morgan fingerprint density at radius 3 is 2.42 bits per heavy atom. The van der Waals surface area contributed by atoms with Crippen LogP contribution in [0.2, 0.25) is 0 Å². The Kier molecular flexibility index (Phi) is 14.4. The van der Waals surface area contributed by atoms with Crippen LogP contribution in [-0.4, -0.2) is 134 Å². The number of nitrogens with one attached hydrogen (secondary N) is 1. The van der Waals surface area contributed by atoms with E-state index in [-0.39, 0.29) is 24.4 Å².